The van der Waals surface area contributed by atoms with Crippen molar-refractivity contribution in [1.29, 1.82) is 0 Å². The van der Waals surface area contributed by atoms with E-state index in [9.17, 15) is 8.42 Å². The van der Waals surface area contributed by atoms with Crippen LogP contribution in [-0.2, 0) is 9.84 Å². The topological polar surface area (TPSA) is 73.6 Å². The van der Waals surface area contributed by atoms with Crippen molar-refractivity contribution in [3.8, 4) is 28.3 Å². The van der Waals surface area contributed by atoms with Crippen LogP contribution in [0.25, 0.3) is 28.3 Å². The molecule has 0 saturated carbocycles. The standard InChI is InChI=1S/C23H23N3O3S/c1-15(2)30(27,28)20-11-7-18(8-12-20)22-21(17-5-9-19(29-4)10-6-17)25-23-24-16(3)13-14-26(22)23/h5-15H,1-4H3. The van der Waals surface area contributed by atoms with Crippen molar-refractivity contribution >= 4 is 15.6 Å². The molecule has 0 aliphatic carbocycles. The van der Waals surface area contributed by atoms with E-state index >= 15 is 0 Å². The molecule has 0 N–H and O–H groups in total. The van der Waals surface area contributed by atoms with Crippen molar-refractivity contribution in [1.82, 2.24) is 14.4 Å². The lowest BCUT2D eigenvalue weighted by Crippen LogP contribution is -2.13. The van der Waals surface area contributed by atoms with Crippen molar-refractivity contribution in [2.45, 2.75) is 30.9 Å². The van der Waals surface area contributed by atoms with Crippen LogP contribution in [0.2, 0.25) is 0 Å². The fourth-order valence-electron chi connectivity index (χ4n) is 3.32. The summed E-state index contributed by atoms with van der Waals surface area (Å²) in [6.45, 7) is 5.29. The van der Waals surface area contributed by atoms with Crippen LogP contribution >= 0.6 is 0 Å². The lowest BCUT2D eigenvalue weighted by atomic mass is 10.0. The fourth-order valence-corrected chi connectivity index (χ4v) is 4.38. The molecular formula is C23H23N3O3S. The Labute approximate surface area is 176 Å². The van der Waals surface area contributed by atoms with Crippen LogP contribution in [0.5, 0.6) is 5.75 Å². The number of rotatable bonds is 5. The molecule has 0 radical (unpaired) electrons. The summed E-state index contributed by atoms with van der Waals surface area (Å²) in [6.07, 6.45) is 1.94. The first-order chi connectivity index (χ1) is 14.3. The molecular weight excluding hydrogens is 398 g/mol. The maximum Gasteiger partial charge on any atom is 0.235 e. The molecule has 4 rings (SSSR count). The SMILES string of the molecule is COc1ccc(-c2nc3nc(C)ccn3c2-c2ccc(S(=O)(=O)C(C)C)cc2)cc1. The summed E-state index contributed by atoms with van der Waals surface area (Å²) in [4.78, 5) is 9.64. The van der Waals surface area contributed by atoms with Gasteiger partial charge in [-0.05, 0) is 63.2 Å². The van der Waals surface area contributed by atoms with Gasteiger partial charge in [-0.2, -0.15) is 0 Å². The van der Waals surface area contributed by atoms with Crippen LogP contribution in [0, 0.1) is 6.92 Å². The Bertz CT molecular complexity index is 1310. The normalized spacial score (nSPS) is 11.9. The van der Waals surface area contributed by atoms with Gasteiger partial charge in [-0.1, -0.05) is 12.1 Å². The summed E-state index contributed by atoms with van der Waals surface area (Å²) >= 11 is 0. The number of aryl methyl sites for hydroxylation is 1. The van der Waals surface area contributed by atoms with Crippen LogP contribution in [0.3, 0.4) is 0 Å². The molecule has 2 aromatic carbocycles. The fraction of sp³-hybridized carbons (Fsp3) is 0.217. The van der Waals surface area contributed by atoms with Gasteiger partial charge < -0.3 is 4.74 Å². The number of fused-ring (bicyclic) bond motifs is 1. The summed E-state index contributed by atoms with van der Waals surface area (Å²) in [5.41, 5.74) is 4.29. The number of benzene rings is 2. The Balaban J connectivity index is 1.90. The number of hydrogen-bond acceptors (Lipinski definition) is 5. The van der Waals surface area contributed by atoms with Crippen LogP contribution in [0.15, 0.2) is 65.7 Å². The van der Waals surface area contributed by atoms with Gasteiger partial charge in [0.1, 0.15) is 5.75 Å². The van der Waals surface area contributed by atoms with Gasteiger partial charge in [0, 0.05) is 23.0 Å². The molecule has 0 aliphatic rings. The molecule has 0 unspecified atom stereocenters. The predicted molar refractivity (Wildman–Crippen MR) is 117 cm³/mol. The molecule has 2 aromatic heterocycles. The first-order valence-electron chi connectivity index (χ1n) is 9.65. The third kappa shape index (κ3) is 3.45. The van der Waals surface area contributed by atoms with Gasteiger partial charge in [0.15, 0.2) is 9.84 Å². The zero-order valence-electron chi connectivity index (χ0n) is 17.3. The van der Waals surface area contributed by atoms with E-state index in [1.165, 1.54) is 0 Å². The highest BCUT2D eigenvalue weighted by Crippen LogP contribution is 2.34. The van der Waals surface area contributed by atoms with E-state index in [1.807, 2.05) is 60.0 Å². The Hall–Kier alpha value is -3.19. The molecule has 0 amide bonds. The molecule has 4 aromatic rings. The number of methoxy groups -OCH3 is 1. The van der Waals surface area contributed by atoms with Gasteiger partial charge in [0.05, 0.1) is 28.6 Å². The Kier molecular flexibility index (Phi) is 5.07. The molecule has 6 nitrogen and oxygen atoms in total. The van der Waals surface area contributed by atoms with Crippen molar-refractivity contribution in [3.05, 3.63) is 66.5 Å². The van der Waals surface area contributed by atoms with Crippen molar-refractivity contribution < 1.29 is 13.2 Å². The van der Waals surface area contributed by atoms with Crippen LogP contribution in [0.4, 0.5) is 0 Å². The number of hydrogen-bond donors (Lipinski definition) is 0. The Morgan fingerprint density at radius 1 is 0.900 bits per heavy atom. The number of ether oxygens (including phenoxy) is 1. The maximum absolute atomic E-state index is 12.5. The van der Waals surface area contributed by atoms with Gasteiger partial charge in [-0.3, -0.25) is 4.40 Å². The highest BCUT2D eigenvalue weighted by atomic mass is 32.2. The zero-order chi connectivity index (χ0) is 21.5. The van der Waals surface area contributed by atoms with E-state index in [0.717, 1.165) is 34.0 Å². The van der Waals surface area contributed by atoms with Crippen molar-refractivity contribution in [3.63, 3.8) is 0 Å². The third-order valence-corrected chi connectivity index (χ3v) is 7.24. The second-order valence-electron chi connectivity index (χ2n) is 7.39. The second-order valence-corrected chi connectivity index (χ2v) is 9.90. The lowest BCUT2D eigenvalue weighted by molar-refractivity contribution is 0.415. The van der Waals surface area contributed by atoms with Crippen LogP contribution in [-0.4, -0.2) is 35.1 Å². The summed E-state index contributed by atoms with van der Waals surface area (Å²) in [5, 5.41) is -0.471. The predicted octanol–water partition coefficient (Wildman–Crippen LogP) is 4.56. The number of imidazole rings is 1. The minimum Gasteiger partial charge on any atom is -0.497 e. The molecule has 2 heterocycles. The third-order valence-electron chi connectivity index (χ3n) is 5.07. The molecule has 0 atom stereocenters. The summed E-state index contributed by atoms with van der Waals surface area (Å²) in [7, 11) is -1.70. The summed E-state index contributed by atoms with van der Waals surface area (Å²) < 4.78 is 32.2. The molecule has 0 saturated heterocycles. The molecule has 154 valence electrons. The number of aromatic nitrogens is 3. The number of nitrogens with zero attached hydrogens (tertiary/aromatic N) is 3. The largest absolute Gasteiger partial charge is 0.497 e. The molecule has 0 fully saturated rings. The summed E-state index contributed by atoms with van der Waals surface area (Å²) in [6, 6.07) is 16.6. The molecule has 30 heavy (non-hydrogen) atoms. The molecule has 0 bridgehead atoms. The van der Waals surface area contributed by atoms with E-state index in [2.05, 4.69) is 4.98 Å². The van der Waals surface area contributed by atoms with Gasteiger partial charge in [0.2, 0.25) is 5.78 Å². The van der Waals surface area contributed by atoms with E-state index in [4.69, 9.17) is 9.72 Å². The monoisotopic (exact) mass is 421 g/mol. The highest BCUT2D eigenvalue weighted by molar-refractivity contribution is 7.92. The molecule has 7 heteroatoms. The summed E-state index contributed by atoms with van der Waals surface area (Å²) in [5.74, 6) is 1.36. The lowest BCUT2D eigenvalue weighted by Gasteiger charge is -2.10. The quantitative estimate of drug-likeness (QED) is 0.472. The van der Waals surface area contributed by atoms with Gasteiger partial charge in [-0.15, -0.1) is 0 Å². The van der Waals surface area contributed by atoms with Gasteiger partial charge in [0.25, 0.3) is 0 Å². The average Bonchev–Trinajstić information content (AvgIpc) is 3.12. The van der Waals surface area contributed by atoms with Gasteiger partial charge >= 0.3 is 0 Å². The minimum absolute atomic E-state index is 0.315. The van der Waals surface area contributed by atoms with Crippen LogP contribution in [0.1, 0.15) is 19.5 Å². The highest BCUT2D eigenvalue weighted by Gasteiger charge is 2.21. The average molecular weight is 422 g/mol. The first-order valence-corrected chi connectivity index (χ1v) is 11.2. The van der Waals surface area contributed by atoms with E-state index in [0.29, 0.717) is 10.7 Å². The maximum atomic E-state index is 12.5. The van der Waals surface area contributed by atoms with Crippen LogP contribution < -0.4 is 4.74 Å². The Morgan fingerprint density at radius 3 is 2.13 bits per heavy atom. The minimum atomic E-state index is -3.33. The first kappa shape index (κ1) is 20.1. The van der Waals surface area contributed by atoms with Crippen molar-refractivity contribution in [2.75, 3.05) is 7.11 Å². The van der Waals surface area contributed by atoms with Crippen molar-refractivity contribution in [2.24, 2.45) is 0 Å². The molecule has 0 aliphatic heterocycles. The van der Waals surface area contributed by atoms with E-state index in [1.54, 1.807) is 33.1 Å². The molecule has 0 spiro atoms. The van der Waals surface area contributed by atoms with E-state index in [-0.39, 0.29) is 0 Å². The Morgan fingerprint density at radius 2 is 1.53 bits per heavy atom. The zero-order valence-corrected chi connectivity index (χ0v) is 18.1. The second kappa shape index (κ2) is 7.57. The number of sulfone groups is 1. The smallest absolute Gasteiger partial charge is 0.235 e. The van der Waals surface area contributed by atoms with Gasteiger partial charge in [-0.25, -0.2) is 18.4 Å². The van der Waals surface area contributed by atoms with E-state index < -0.39 is 15.1 Å².